The molecule has 5 heteroatoms. The van der Waals surface area contributed by atoms with Gasteiger partial charge in [-0.2, -0.15) is 0 Å². The minimum atomic E-state index is -0.395. The normalized spacial score (nSPS) is 10.0. The molecule has 0 atom stereocenters. The first-order chi connectivity index (χ1) is 10.1. The van der Waals surface area contributed by atoms with Gasteiger partial charge >= 0.3 is 6.03 Å². The molecule has 0 aliphatic carbocycles. The predicted octanol–water partition coefficient (Wildman–Crippen LogP) is 3.33. The van der Waals surface area contributed by atoms with Crippen LogP contribution < -0.4 is 15.4 Å². The zero-order valence-corrected chi connectivity index (χ0v) is 11.7. The van der Waals surface area contributed by atoms with E-state index in [1.165, 1.54) is 18.2 Å². The van der Waals surface area contributed by atoms with Crippen LogP contribution in [0.2, 0.25) is 0 Å². The van der Waals surface area contributed by atoms with Gasteiger partial charge in [-0.15, -0.1) is 0 Å². The molecule has 0 aromatic heterocycles. The maximum Gasteiger partial charge on any atom is 0.319 e. The number of benzene rings is 2. The lowest BCUT2D eigenvalue weighted by molar-refractivity contribution is 0.247. The van der Waals surface area contributed by atoms with Gasteiger partial charge in [-0.1, -0.05) is 18.2 Å². The number of urea groups is 1. The van der Waals surface area contributed by atoms with Crippen LogP contribution in [0.1, 0.15) is 5.56 Å². The summed E-state index contributed by atoms with van der Waals surface area (Å²) in [4.78, 5) is 11.6. The van der Waals surface area contributed by atoms with Crippen LogP contribution in [-0.2, 0) is 0 Å². The Labute approximate surface area is 122 Å². The van der Waals surface area contributed by atoms with Gasteiger partial charge < -0.3 is 15.4 Å². The van der Waals surface area contributed by atoms with Gasteiger partial charge in [0.2, 0.25) is 0 Å². The molecule has 21 heavy (non-hydrogen) atoms. The van der Waals surface area contributed by atoms with Crippen LogP contribution in [0.15, 0.2) is 48.5 Å². The molecule has 2 aromatic carbocycles. The Bertz CT molecular complexity index is 617. The van der Waals surface area contributed by atoms with Crippen molar-refractivity contribution in [3.05, 3.63) is 59.9 Å². The Morgan fingerprint density at radius 2 is 2.00 bits per heavy atom. The maximum atomic E-state index is 13.0. The summed E-state index contributed by atoms with van der Waals surface area (Å²) in [7, 11) is 0. The average molecular weight is 288 g/mol. The number of halogens is 1. The fourth-order valence-corrected chi connectivity index (χ4v) is 1.78. The molecule has 0 aliphatic heterocycles. The van der Waals surface area contributed by atoms with Crippen LogP contribution in [0.25, 0.3) is 0 Å². The second-order valence-corrected chi connectivity index (χ2v) is 4.56. The van der Waals surface area contributed by atoms with Crippen molar-refractivity contribution in [2.75, 3.05) is 18.5 Å². The zero-order valence-electron chi connectivity index (χ0n) is 11.7. The lowest BCUT2D eigenvalue weighted by Gasteiger charge is -2.09. The van der Waals surface area contributed by atoms with Crippen LogP contribution in [0.4, 0.5) is 14.9 Å². The van der Waals surface area contributed by atoms with Gasteiger partial charge in [0.15, 0.2) is 0 Å². The molecule has 2 rings (SSSR count). The third-order valence-corrected chi connectivity index (χ3v) is 2.73. The van der Waals surface area contributed by atoms with Crippen molar-refractivity contribution in [1.82, 2.24) is 5.32 Å². The van der Waals surface area contributed by atoms with E-state index < -0.39 is 11.8 Å². The largest absolute Gasteiger partial charge is 0.492 e. The molecular formula is C16H17FN2O2. The average Bonchev–Trinajstić information content (AvgIpc) is 2.44. The highest BCUT2D eigenvalue weighted by atomic mass is 19.1. The van der Waals surface area contributed by atoms with Crippen molar-refractivity contribution in [2.45, 2.75) is 6.92 Å². The number of amides is 2. The SMILES string of the molecule is Cc1cccc(OCCNC(=O)Nc2cccc(F)c2)c1. The molecule has 2 aromatic rings. The Morgan fingerprint density at radius 3 is 2.76 bits per heavy atom. The highest BCUT2D eigenvalue weighted by Crippen LogP contribution is 2.12. The van der Waals surface area contributed by atoms with Gasteiger partial charge in [0.1, 0.15) is 18.2 Å². The Hall–Kier alpha value is -2.56. The van der Waals surface area contributed by atoms with Crippen molar-refractivity contribution in [1.29, 1.82) is 0 Å². The second kappa shape index (κ2) is 7.28. The summed E-state index contributed by atoms with van der Waals surface area (Å²) in [6.45, 7) is 2.70. The number of carbonyl (C=O) groups excluding carboxylic acids is 1. The lowest BCUT2D eigenvalue weighted by Crippen LogP contribution is -2.32. The molecule has 0 bridgehead atoms. The topological polar surface area (TPSA) is 50.4 Å². The van der Waals surface area contributed by atoms with Crippen molar-refractivity contribution in [2.24, 2.45) is 0 Å². The van der Waals surface area contributed by atoms with Crippen molar-refractivity contribution >= 4 is 11.7 Å². The second-order valence-electron chi connectivity index (χ2n) is 4.56. The Kier molecular flexibility index (Phi) is 5.15. The van der Waals surface area contributed by atoms with Crippen LogP contribution in [0.3, 0.4) is 0 Å². The molecule has 0 fully saturated rings. The molecule has 110 valence electrons. The van der Waals surface area contributed by atoms with Crippen LogP contribution in [0, 0.1) is 12.7 Å². The minimum Gasteiger partial charge on any atom is -0.492 e. The number of hydrogen-bond donors (Lipinski definition) is 2. The van der Waals surface area contributed by atoms with E-state index in [2.05, 4.69) is 10.6 Å². The monoisotopic (exact) mass is 288 g/mol. The van der Waals surface area contributed by atoms with E-state index in [9.17, 15) is 9.18 Å². The molecule has 0 saturated heterocycles. The van der Waals surface area contributed by atoms with Crippen LogP contribution in [0.5, 0.6) is 5.75 Å². The van der Waals surface area contributed by atoms with Gasteiger partial charge in [0.25, 0.3) is 0 Å². The molecule has 0 radical (unpaired) electrons. The van der Waals surface area contributed by atoms with Gasteiger partial charge in [0.05, 0.1) is 6.54 Å². The molecule has 2 amide bonds. The van der Waals surface area contributed by atoms with Gasteiger partial charge in [-0.25, -0.2) is 9.18 Å². The first-order valence-corrected chi connectivity index (χ1v) is 6.63. The number of hydrogen-bond acceptors (Lipinski definition) is 2. The summed E-state index contributed by atoms with van der Waals surface area (Å²) in [5, 5.41) is 5.18. The summed E-state index contributed by atoms with van der Waals surface area (Å²) >= 11 is 0. The molecule has 0 unspecified atom stereocenters. The molecular weight excluding hydrogens is 271 g/mol. The predicted molar refractivity (Wildman–Crippen MR) is 80.1 cm³/mol. The molecule has 4 nitrogen and oxygen atoms in total. The first-order valence-electron chi connectivity index (χ1n) is 6.63. The van der Waals surface area contributed by atoms with E-state index in [0.717, 1.165) is 11.3 Å². The number of nitrogens with one attached hydrogen (secondary N) is 2. The van der Waals surface area contributed by atoms with Crippen molar-refractivity contribution < 1.29 is 13.9 Å². The molecule has 0 saturated carbocycles. The van der Waals surface area contributed by atoms with E-state index >= 15 is 0 Å². The Morgan fingerprint density at radius 1 is 1.19 bits per heavy atom. The van der Waals surface area contributed by atoms with Gasteiger partial charge in [0, 0.05) is 5.69 Å². The third kappa shape index (κ3) is 5.14. The highest BCUT2D eigenvalue weighted by molar-refractivity contribution is 5.89. The quantitative estimate of drug-likeness (QED) is 0.829. The van der Waals surface area contributed by atoms with Crippen LogP contribution >= 0.6 is 0 Å². The van der Waals surface area contributed by atoms with Crippen LogP contribution in [-0.4, -0.2) is 19.2 Å². The zero-order chi connectivity index (χ0) is 15.1. The summed E-state index contributed by atoms with van der Waals surface area (Å²) in [5.41, 5.74) is 1.52. The number of rotatable bonds is 5. The van der Waals surface area contributed by atoms with E-state index in [0.29, 0.717) is 18.8 Å². The Balaban J connectivity index is 1.70. The summed E-state index contributed by atoms with van der Waals surface area (Å²) in [6.07, 6.45) is 0. The van der Waals surface area contributed by atoms with E-state index in [4.69, 9.17) is 4.74 Å². The van der Waals surface area contributed by atoms with Gasteiger partial charge in [-0.05, 0) is 42.8 Å². The molecule has 0 heterocycles. The van der Waals surface area contributed by atoms with E-state index in [-0.39, 0.29) is 0 Å². The summed E-state index contributed by atoms with van der Waals surface area (Å²) < 4.78 is 18.5. The minimum absolute atomic E-state index is 0.356. The standard InChI is InChI=1S/C16H17FN2O2/c1-12-4-2-7-15(10-12)21-9-8-18-16(20)19-14-6-3-5-13(17)11-14/h2-7,10-11H,8-9H2,1H3,(H2,18,19,20). The van der Waals surface area contributed by atoms with Crippen molar-refractivity contribution in [3.63, 3.8) is 0 Å². The maximum absolute atomic E-state index is 13.0. The summed E-state index contributed by atoms with van der Waals surface area (Å²) in [6, 6.07) is 13.0. The highest BCUT2D eigenvalue weighted by Gasteiger charge is 2.02. The number of anilines is 1. The molecule has 0 spiro atoms. The number of aryl methyl sites for hydroxylation is 1. The fraction of sp³-hybridized carbons (Fsp3) is 0.188. The first kappa shape index (κ1) is 14.8. The molecule has 0 aliphatic rings. The fourth-order valence-electron chi connectivity index (χ4n) is 1.78. The molecule has 2 N–H and O–H groups in total. The smallest absolute Gasteiger partial charge is 0.319 e. The number of ether oxygens (including phenoxy) is 1. The van der Waals surface area contributed by atoms with Gasteiger partial charge in [-0.3, -0.25) is 0 Å². The number of carbonyl (C=O) groups is 1. The third-order valence-electron chi connectivity index (χ3n) is 2.73. The van der Waals surface area contributed by atoms with E-state index in [1.54, 1.807) is 6.07 Å². The van der Waals surface area contributed by atoms with E-state index in [1.807, 2.05) is 31.2 Å². The lowest BCUT2D eigenvalue weighted by atomic mass is 10.2. The van der Waals surface area contributed by atoms with Crippen molar-refractivity contribution in [3.8, 4) is 5.75 Å². The summed E-state index contributed by atoms with van der Waals surface area (Å²) in [5.74, 6) is 0.373.